The second-order valence-electron chi connectivity index (χ2n) is 8.08. The van der Waals surface area contributed by atoms with Gasteiger partial charge in [0.1, 0.15) is 17.1 Å². The number of hydrogen-bond donors (Lipinski definition) is 4. The van der Waals surface area contributed by atoms with E-state index in [2.05, 4.69) is 16.0 Å². The molecule has 0 aromatic carbocycles. The molecule has 4 N–H and O–H groups in total. The van der Waals surface area contributed by atoms with Crippen LogP contribution in [0, 0.1) is 5.41 Å². The van der Waals surface area contributed by atoms with E-state index in [1.165, 1.54) is 0 Å². The SMILES string of the molecule is CCNC(=O)C1(C(=O)N[C@@H](CCCCNC(=O)OC(C)(C)C)C(=O)O)CCC1. The summed E-state index contributed by atoms with van der Waals surface area (Å²) in [6.45, 7) is 7.83. The molecule has 1 atom stereocenters. The van der Waals surface area contributed by atoms with Gasteiger partial charge in [-0.2, -0.15) is 0 Å². The number of carbonyl (C=O) groups excluding carboxylic acids is 3. The van der Waals surface area contributed by atoms with Crippen LogP contribution >= 0.6 is 0 Å². The Morgan fingerprint density at radius 2 is 1.71 bits per heavy atom. The lowest BCUT2D eigenvalue weighted by Gasteiger charge is -2.39. The maximum atomic E-state index is 12.6. The lowest BCUT2D eigenvalue weighted by atomic mass is 9.67. The molecule has 3 amide bonds. The van der Waals surface area contributed by atoms with Crippen molar-refractivity contribution in [3.63, 3.8) is 0 Å². The molecular formula is C19H33N3O6. The fourth-order valence-corrected chi connectivity index (χ4v) is 2.95. The topological polar surface area (TPSA) is 134 Å². The molecule has 9 nitrogen and oxygen atoms in total. The summed E-state index contributed by atoms with van der Waals surface area (Å²) in [5, 5.41) is 17.2. The number of carbonyl (C=O) groups is 4. The smallest absolute Gasteiger partial charge is 0.407 e. The van der Waals surface area contributed by atoms with E-state index >= 15 is 0 Å². The fraction of sp³-hybridized carbons (Fsp3) is 0.789. The first-order valence-corrected chi connectivity index (χ1v) is 9.81. The van der Waals surface area contributed by atoms with Gasteiger partial charge in [0.25, 0.3) is 0 Å². The van der Waals surface area contributed by atoms with Crippen molar-refractivity contribution in [3.8, 4) is 0 Å². The van der Waals surface area contributed by atoms with Crippen molar-refractivity contribution < 1.29 is 29.0 Å². The van der Waals surface area contributed by atoms with E-state index in [1.807, 2.05) is 0 Å². The molecule has 0 spiro atoms. The average molecular weight is 399 g/mol. The Balaban J connectivity index is 2.45. The van der Waals surface area contributed by atoms with Crippen LogP contribution in [-0.4, -0.2) is 53.7 Å². The number of nitrogens with one attached hydrogen (secondary N) is 3. The van der Waals surface area contributed by atoms with E-state index in [4.69, 9.17) is 4.74 Å². The van der Waals surface area contributed by atoms with Crippen molar-refractivity contribution in [1.82, 2.24) is 16.0 Å². The van der Waals surface area contributed by atoms with Gasteiger partial charge in [-0.15, -0.1) is 0 Å². The van der Waals surface area contributed by atoms with Gasteiger partial charge in [-0.25, -0.2) is 9.59 Å². The van der Waals surface area contributed by atoms with Crippen LogP contribution < -0.4 is 16.0 Å². The maximum Gasteiger partial charge on any atom is 0.407 e. The van der Waals surface area contributed by atoms with Crippen molar-refractivity contribution in [2.75, 3.05) is 13.1 Å². The van der Waals surface area contributed by atoms with Gasteiger partial charge in [-0.3, -0.25) is 9.59 Å². The van der Waals surface area contributed by atoms with E-state index in [0.717, 1.165) is 6.42 Å². The zero-order valence-electron chi connectivity index (χ0n) is 17.2. The Bertz CT molecular complexity index is 581. The molecule has 0 unspecified atom stereocenters. The summed E-state index contributed by atoms with van der Waals surface area (Å²) >= 11 is 0. The third-order valence-electron chi connectivity index (χ3n) is 4.60. The van der Waals surface area contributed by atoms with Crippen LogP contribution in [0.25, 0.3) is 0 Å². The molecular weight excluding hydrogens is 366 g/mol. The summed E-state index contributed by atoms with van der Waals surface area (Å²) in [5.41, 5.74) is -1.73. The molecule has 1 aliphatic rings. The summed E-state index contributed by atoms with van der Waals surface area (Å²) in [6.07, 6.45) is 2.33. The summed E-state index contributed by atoms with van der Waals surface area (Å²) in [4.78, 5) is 47.9. The van der Waals surface area contributed by atoms with Crippen LogP contribution in [0.3, 0.4) is 0 Å². The number of carboxylic acids is 1. The highest BCUT2D eigenvalue weighted by molar-refractivity contribution is 6.06. The molecule has 0 saturated heterocycles. The van der Waals surface area contributed by atoms with E-state index < -0.39 is 35.0 Å². The first-order chi connectivity index (χ1) is 13.0. The highest BCUT2D eigenvalue weighted by Gasteiger charge is 2.51. The molecule has 0 aromatic heterocycles. The predicted molar refractivity (Wildman–Crippen MR) is 103 cm³/mol. The zero-order chi connectivity index (χ0) is 21.4. The zero-order valence-corrected chi connectivity index (χ0v) is 17.2. The predicted octanol–water partition coefficient (Wildman–Crippen LogP) is 1.56. The largest absolute Gasteiger partial charge is 0.480 e. The maximum absolute atomic E-state index is 12.6. The number of alkyl carbamates (subject to hydrolysis) is 1. The molecule has 1 aliphatic carbocycles. The molecule has 0 aliphatic heterocycles. The van der Waals surface area contributed by atoms with E-state index in [1.54, 1.807) is 27.7 Å². The van der Waals surface area contributed by atoms with Gasteiger partial charge in [0.2, 0.25) is 11.8 Å². The first-order valence-electron chi connectivity index (χ1n) is 9.81. The number of aliphatic carboxylic acids is 1. The van der Waals surface area contributed by atoms with Crippen LogP contribution in [0.1, 0.15) is 66.2 Å². The lowest BCUT2D eigenvalue weighted by Crippen LogP contribution is -2.58. The summed E-state index contributed by atoms with van der Waals surface area (Å²) < 4.78 is 5.12. The molecule has 0 heterocycles. The van der Waals surface area contributed by atoms with Gasteiger partial charge in [0, 0.05) is 13.1 Å². The summed E-state index contributed by atoms with van der Waals surface area (Å²) in [7, 11) is 0. The number of hydrogen-bond acceptors (Lipinski definition) is 5. The highest BCUT2D eigenvalue weighted by Crippen LogP contribution is 2.41. The van der Waals surface area contributed by atoms with Crippen LogP contribution in [0.15, 0.2) is 0 Å². The molecule has 0 bridgehead atoms. The minimum absolute atomic E-state index is 0.211. The highest BCUT2D eigenvalue weighted by atomic mass is 16.6. The monoisotopic (exact) mass is 399 g/mol. The second-order valence-corrected chi connectivity index (χ2v) is 8.08. The van der Waals surface area contributed by atoms with Gasteiger partial charge >= 0.3 is 12.1 Å². The Labute approximate surface area is 166 Å². The van der Waals surface area contributed by atoms with Crippen molar-refractivity contribution in [1.29, 1.82) is 0 Å². The molecule has 0 aromatic rings. The van der Waals surface area contributed by atoms with Gasteiger partial charge in [-0.05, 0) is 59.8 Å². The van der Waals surface area contributed by atoms with Crippen molar-refractivity contribution in [2.45, 2.75) is 77.9 Å². The molecule has 0 radical (unpaired) electrons. The number of carboxylic acid groups (broad SMARTS) is 1. The third-order valence-corrected chi connectivity index (χ3v) is 4.60. The third kappa shape index (κ3) is 7.01. The van der Waals surface area contributed by atoms with Crippen molar-refractivity contribution >= 4 is 23.9 Å². The molecule has 28 heavy (non-hydrogen) atoms. The van der Waals surface area contributed by atoms with Crippen LogP contribution in [0.4, 0.5) is 4.79 Å². The summed E-state index contributed by atoms with van der Waals surface area (Å²) in [6, 6.07) is -1.07. The quantitative estimate of drug-likeness (QED) is 0.325. The Kier molecular flexibility index (Phi) is 8.71. The van der Waals surface area contributed by atoms with Gasteiger partial charge in [0.05, 0.1) is 0 Å². The molecule has 1 rings (SSSR count). The second kappa shape index (κ2) is 10.3. The van der Waals surface area contributed by atoms with E-state index in [9.17, 15) is 24.3 Å². The van der Waals surface area contributed by atoms with Gasteiger partial charge < -0.3 is 25.8 Å². The number of ether oxygens (including phenoxy) is 1. The van der Waals surface area contributed by atoms with Crippen molar-refractivity contribution in [3.05, 3.63) is 0 Å². The van der Waals surface area contributed by atoms with Crippen LogP contribution in [0.2, 0.25) is 0 Å². The lowest BCUT2D eigenvalue weighted by molar-refractivity contribution is -0.153. The number of rotatable bonds is 10. The standard InChI is InChI=1S/C19H33N3O6/c1-5-20-15(25)19(10-8-11-19)16(26)22-13(14(23)24)9-6-7-12-21-17(27)28-18(2,3)4/h13H,5-12H2,1-4H3,(H,20,25)(H,21,27)(H,22,26)(H,23,24)/t13-/m0/s1. The molecule has 1 saturated carbocycles. The Morgan fingerprint density at radius 1 is 1.07 bits per heavy atom. The van der Waals surface area contributed by atoms with E-state index in [-0.39, 0.29) is 12.3 Å². The van der Waals surface area contributed by atoms with Gasteiger partial charge in [-0.1, -0.05) is 6.42 Å². The molecule has 1 fully saturated rings. The molecule has 160 valence electrons. The Hall–Kier alpha value is -2.32. The fourth-order valence-electron chi connectivity index (χ4n) is 2.95. The summed E-state index contributed by atoms with van der Waals surface area (Å²) in [5.74, 6) is -2.01. The van der Waals surface area contributed by atoms with Crippen molar-refractivity contribution in [2.24, 2.45) is 5.41 Å². The minimum Gasteiger partial charge on any atom is -0.480 e. The number of amides is 3. The number of unbranched alkanes of at least 4 members (excludes halogenated alkanes) is 1. The first kappa shape index (κ1) is 23.7. The molecule has 9 heteroatoms. The normalized spacial score (nSPS) is 16.3. The average Bonchev–Trinajstić information content (AvgIpc) is 2.50. The van der Waals surface area contributed by atoms with Crippen LogP contribution in [-0.2, 0) is 19.1 Å². The van der Waals surface area contributed by atoms with Gasteiger partial charge in [0.15, 0.2) is 0 Å². The van der Waals surface area contributed by atoms with E-state index in [0.29, 0.717) is 38.8 Å². The Morgan fingerprint density at radius 3 is 2.18 bits per heavy atom. The van der Waals surface area contributed by atoms with Crippen LogP contribution in [0.5, 0.6) is 0 Å². The minimum atomic E-state index is -1.15.